The van der Waals surface area contributed by atoms with Crippen LogP contribution in [-0.4, -0.2) is 32.6 Å². The van der Waals surface area contributed by atoms with Crippen LogP contribution in [-0.2, 0) is 16.0 Å². The molecule has 0 spiro atoms. The van der Waals surface area contributed by atoms with Gasteiger partial charge in [-0.05, 0) is 53.8 Å². The van der Waals surface area contributed by atoms with Crippen LogP contribution >= 0.6 is 23.2 Å². The molecule has 3 N–H and O–H groups in total. The summed E-state index contributed by atoms with van der Waals surface area (Å²) in [6, 6.07) is 20.0. The van der Waals surface area contributed by atoms with E-state index in [0.717, 1.165) is 28.2 Å². The summed E-state index contributed by atoms with van der Waals surface area (Å²) in [5, 5.41) is 8.69. The number of pyridine rings is 1. The average molecular weight is 563 g/mol. The van der Waals surface area contributed by atoms with Crippen LogP contribution in [0, 0.1) is 11.3 Å². The van der Waals surface area contributed by atoms with Gasteiger partial charge in [0.15, 0.2) is 0 Å². The fourth-order valence-corrected chi connectivity index (χ4v) is 5.63. The zero-order valence-corrected chi connectivity index (χ0v) is 23.2. The second-order valence-electron chi connectivity index (χ2n) is 10.5. The average Bonchev–Trinajstić information content (AvgIpc) is 3.35. The first-order valence-electron chi connectivity index (χ1n) is 12.7. The van der Waals surface area contributed by atoms with E-state index < -0.39 is 17.4 Å². The lowest BCUT2D eigenvalue weighted by molar-refractivity contribution is -0.139. The Hall–Kier alpha value is -3.68. The molecule has 0 aliphatic heterocycles. The van der Waals surface area contributed by atoms with E-state index in [4.69, 9.17) is 34.0 Å². The van der Waals surface area contributed by atoms with Gasteiger partial charge in [-0.25, -0.2) is 4.68 Å². The topological polar surface area (TPSA) is 103 Å². The number of benzene rings is 2. The quantitative estimate of drug-likeness (QED) is 0.293. The summed E-state index contributed by atoms with van der Waals surface area (Å²) >= 11 is 12.5. The minimum absolute atomic E-state index is 0.0155. The van der Waals surface area contributed by atoms with Gasteiger partial charge in [-0.3, -0.25) is 14.6 Å². The third-order valence-corrected chi connectivity index (χ3v) is 8.46. The Morgan fingerprint density at radius 1 is 1.08 bits per heavy atom. The summed E-state index contributed by atoms with van der Waals surface area (Å²) in [7, 11) is 0. The lowest BCUT2D eigenvalue weighted by Crippen LogP contribution is -2.55. The number of hydrogen-bond acceptors (Lipinski definition) is 4. The number of amides is 2. The minimum atomic E-state index is -0.784. The molecule has 0 saturated heterocycles. The van der Waals surface area contributed by atoms with Crippen molar-refractivity contribution in [3.8, 4) is 16.9 Å². The van der Waals surface area contributed by atoms with Gasteiger partial charge in [0.05, 0.1) is 21.4 Å². The predicted molar refractivity (Wildman–Crippen MR) is 153 cm³/mol. The Kier molecular flexibility index (Phi) is 7.47. The smallest absolute Gasteiger partial charge is 0.240 e. The molecule has 2 aromatic carbocycles. The molecule has 2 amide bonds. The van der Waals surface area contributed by atoms with E-state index in [9.17, 15) is 9.59 Å². The van der Waals surface area contributed by atoms with Gasteiger partial charge in [-0.2, -0.15) is 5.10 Å². The Morgan fingerprint density at radius 3 is 2.49 bits per heavy atom. The maximum Gasteiger partial charge on any atom is 0.240 e. The molecular formula is C30H29Cl2N5O2. The van der Waals surface area contributed by atoms with E-state index in [2.05, 4.69) is 24.1 Å². The molecule has 9 heteroatoms. The Morgan fingerprint density at radius 2 is 1.85 bits per heavy atom. The van der Waals surface area contributed by atoms with Crippen molar-refractivity contribution in [2.75, 3.05) is 0 Å². The highest BCUT2D eigenvalue weighted by molar-refractivity contribution is 6.42. The van der Waals surface area contributed by atoms with Crippen LogP contribution in [0.15, 0.2) is 79.1 Å². The van der Waals surface area contributed by atoms with Gasteiger partial charge in [-0.1, -0.05) is 67.4 Å². The summed E-state index contributed by atoms with van der Waals surface area (Å²) in [6.07, 6.45) is 4.42. The highest BCUT2D eigenvalue weighted by Gasteiger charge is 2.53. The molecule has 200 valence electrons. The summed E-state index contributed by atoms with van der Waals surface area (Å²) < 4.78 is 1.87. The third kappa shape index (κ3) is 5.42. The highest BCUT2D eigenvalue weighted by Crippen LogP contribution is 2.57. The van der Waals surface area contributed by atoms with Crippen molar-refractivity contribution in [2.24, 2.45) is 17.1 Å². The van der Waals surface area contributed by atoms with Gasteiger partial charge in [-0.15, -0.1) is 0 Å². The molecule has 2 heterocycles. The predicted octanol–water partition coefficient (Wildman–Crippen LogP) is 5.58. The van der Waals surface area contributed by atoms with Crippen molar-refractivity contribution in [3.05, 3.63) is 100 Å². The summed E-state index contributed by atoms with van der Waals surface area (Å²) in [5.41, 5.74) is 9.55. The Bertz CT molecular complexity index is 1500. The van der Waals surface area contributed by atoms with Gasteiger partial charge in [0, 0.05) is 41.9 Å². The van der Waals surface area contributed by atoms with Crippen molar-refractivity contribution in [1.29, 1.82) is 0 Å². The van der Waals surface area contributed by atoms with E-state index in [-0.39, 0.29) is 17.7 Å². The van der Waals surface area contributed by atoms with E-state index >= 15 is 0 Å². The van der Waals surface area contributed by atoms with E-state index in [0.29, 0.717) is 22.9 Å². The van der Waals surface area contributed by atoms with Crippen molar-refractivity contribution >= 4 is 35.0 Å². The number of nitrogens with zero attached hydrogens (tertiary/aromatic N) is 3. The Labute approximate surface area is 237 Å². The molecule has 0 radical (unpaired) electrons. The van der Waals surface area contributed by atoms with Gasteiger partial charge < -0.3 is 11.1 Å². The molecule has 1 saturated carbocycles. The van der Waals surface area contributed by atoms with Crippen LogP contribution < -0.4 is 11.1 Å². The monoisotopic (exact) mass is 561 g/mol. The largest absolute Gasteiger partial charge is 0.368 e. The van der Waals surface area contributed by atoms with Crippen LogP contribution in [0.5, 0.6) is 0 Å². The van der Waals surface area contributed by atoms with Crippen molar-refractivity contribution < 1.29 is 9.59 Å². The fraction of sp³-hybridized carbons (Fsp3) is 0.267. The van der Waals surface area contributed by atoms with E-state index in [1.165, 1.54) is 0 Å². The minimum Gasteiger partial charge on any atom is -0.368 e. The first-order valence-corrected chi connectivity index (χ1v) is 13.5. The van der Waals surface area contributed by atoms with Crippen LogP contribution in [0.25, 0.3) is 16.9 Å². The number of primary amides is 1. The standard InChI is InChI=1S/C30H29Cl2N5O2/c1-30(2)21(15-22(30)29(39)35-26(28(33)38)13-18-7-4-3-5-8-18)27-16-25(19-9-6-12-34-17-19)36-37(27)20-10-11-23(31)24(32)14-20/h3-12,14,16-17,21-22,26H,13,15H2,1-2H3,(H2,33,38)(H,35,39). The first-order chi connectivity index (χ1) is 18.6. The fourth-order valence-electron chi connectivity index (χ4n) is 5.34. The zero-order valence-electron chi connectivity index (χ0n) is 21.6. The number of aromatic nitrogens is 3. The maximum absolute atomic E-state index is 13.4. The number of carbonyl (C=O) groups excluding carboxylic acids is 2. The molecular weight excluding hydrogens is 533 g/mol. The van der Waals surface area contributed by atoms with Crippen molar-refractivity contribution in [2.45, 2.75) is 38.6 Å². The first kappa shape index (κ1) is 26.9. The van der Waals surface area contributed by atoms with Crippen molar-refractivity contribution in [3.63, 3.8) is 0 Å². The van der Waals surface area contributed by atoms with Gasteiger partial charge in [0.2, 0.25) is 11.8 Å². The summed E-state index contributed by atoms with van der Waals surface area (Å²) in [5.74, 6) is -1.02. The van der Waals surface area contributed by atoms with Crippen LogP contribution in [0.1, 0.15) is 37.4 Å². The lowest BCUT2D eigenvalue weighted by atomic mass is 9.53. The molecule has 1 fully saturated rings. The molecule has 0 bridgehead atoms. The number of nitrogens with two attached hydrogens (primary N) is 1. The van der Waals surface area contributed by atoms with Gasteiger partial charge in [0.1, 0.15) is 6.04 Å². The molecule has 4 aromatic rings. The SMILES string of the molecule is CC1(C)C(C(=O)NC(Cc2ccccc2)C(N)=O)CC1c1cc(-c2cccnc2)nn1-c1ccc(Cl)c(Cl)c1. The zero-order chi connectivity index (χ0) is 27.7. The third-order valence-electron chi connectivity index (χ3n) is 7.73. The van der Waals surface area contributed by atoms with Crippen molar-refractivity contribution in [1.82, 2.24) is 20.1 Å². The van der Waals surface area contributed by atoms with Crippen LogP contribution in [0.4, 0.5) is 0 Å². The number of nitrogens with one attached hydrogen (secondary N) is 1. The van der Waals surface area contributed by atoms with Gasteiger partial charge >= 0.3 is 0 Å². The van der Waals surface area contributed by atoms with Crippen LogP contribution in [0.2, 0.25) is 10.0 Å². The highest BCUT2D eigenvalue weighted by atomic mass is 35.5. The molecule has 7 nitrogen and oxygen atoms in total. The summed E-state index contributed by atoms with van der Waals surface area (Å²) in [4.78, 5) is 29.8. The van der Waals surface area contributed by atoms with E-state index in [1.807, 2.05) is 59.3 Å². The normalized spacial score (nSPS) is 18.7. The second-order valence-corrected chi connectivity index (χ2v) is 11.3. The number of hydrogen-bond donors (Lipinski definition) is 2. The lowest BCUT2D eigenvalue weighted by Gasteiger charge is -2.51. The summed E-state index contributed by atoms with van der Waals surface area (Å²) in [6.45, 7) is 4.13. The number of carbonyl (C=O) groups is 2. The van der Waals surface area contributed by atoms with Gasteiger partial charge in [0.25, 0.3) is 0 Å². The molecule has 3 unspecified atom stereocenters. The molecule has 5 rings (SSSR count). The molecule has 1 aliphatic carbocycles. The van der Waals surface area contributed by atoms with Crippen LogP contribution in [0.3, 0.4) is 0 Å². The molecule has 3 atom stereocenters. The number of rotatable bonds is 8. The molecule has 39 heavy (non-hydrogen) atoms. The number of halogens is 2. The maximum atomic E-state index is 13.4. The van der Waals surface area contributed by atoms with E-state index in [1.54, 1.807) is 24.5 Å². The molecule has 2 aromatic heterocycles. The Balaban J connectivity index is 1.42. The molecule has 1 aliphatic rings. The second kappa shape index (κ2) is 10.8.